The summed E-state index contributed by atoms with van der Waals surface area (Å²) in [5.41, 5.74) is 6.21. The molecule has 0 bridgehead atoms. The Labute approximate surface area is 127 Å². The summed E-state index contributed by atoms with van der Waals surface area (Å²) in [7, 11) is 0. The van der Waals surface area contributed by atoms with Gasteiger partial charge in [0.2, 0.25) is 0 Å². The van der Waals surface area contributed by atoms with Gasteiger partial charge in [-0.05, 0) is 56.7 Å². The molecule has 1 fully saturated rings. The molecular formula is C17H26N2O2. The Balaban J connectivity index is 2.19. The van der Waals surface area contributed by atoms with E-state index in [1.807, 2.05) is 19.1 Å². The fourth-order valence-electron chi connectivity index (χ4n) is 3.00. The minimum atomic E-state index is 0.0478. The predicted molar refractivity (Wildman–Crippen MR) is 85.3 cm³/mol. The van der Waals surface area contributed by atoms with E-state index in [0.717, 1.165) is 18.6 Å². The minimum absolute atomic E-state index is 0.0478. The molecule has 4 heteroatoms. The first kappa shape index (κ1) is 15.7. The lowest BCUT2D eigenvalue weighted by molar-refractivity contribution is 0.0865. The monoisotopic (exact) mass is 290 g/mol. The number of nitrogens with two attached hydrogens (primary N) is 1. The van der Waals surface area contributed by atoms with Gasteiger partial charge in [0.05, 0.1) is 6.61 Å². The summed E-state index contributed by atoms with van der Waals surface area (Å²) in [6.07, 6.45) is 6.32. The van der Waals surface area contributed by atoms with Crippen molar-refractivity contribution < 1.29 is 9.47 Å². The average Bonchev–Trinajstić information content (AvgIpc) is 2.49. The van der Waals surface area contributed by atoms with E-state index >= 15 is 0 Å². The standard InChI is InChI=1S/C17H26N2O2/c1-3-12-7-5-6-8-14(12)21-15-10-9-13(17(18)19)11-16(15)20-4-2/h9-12,14H,3-8H2,1-2H3,(H3,18,19). The highest BCUT2D eigenvalue weighted by Gasteiger charge is 2.26. The number of rotatable bonds is 6. The van der Waals surface area contributed by atoms with Crippen LogP contribution in [0.25, 0.3) is 0 Å². The van der Waals surface area contributed by atoms with Crippen LogP contribution in [0, 0.1) is 11.3 Å². The van der Waals surface area contributed by atoms with Crippen LogP contribution in [0.5, 0.6) is 11.5 Å². The van der Waals surface area contributed by atoms with Crippen molar-refractivity contribution in [3.05, 3.63) is 23.8 Å². The Bertz CT molecular complexity index is 488. The maximum absolute atomic E-state index is 7.53. The van der Waals surface area contributed by atoms with Crippen molar-refractivity contribution in [2.24, 2.45) is 11.7 Å². The maximum Gasteiger partial charge on any atom is 0.161 e. The van der Waals surface area contributed by atoms with Crippen molar-refractivity contribution in [1.82, 2.24) is 0 Å². The van der Waals surface area contributed by atoms with Gasteiger partial charge in [0.15, 0.2) is 11.5 Å². The van der Waals surface area contributed by atoms with E-state index in [1.165, 1.54) is 19.3 Å². The summed E-state index contributed by atoms with van der Waals surface area (Å²) < 4.78 is 11.9. The molecular weight excluding hydrogens is 264 g/mol. The molecule has 0 amide bonds. The molecule has 0 heterocycles. The smallest absolute Gasteiger partial charge is 0.161 e. The topological polar surface area (TPSA) is 68.3 Å². The Morgan fingerprint density at radius 2 is 2.00 bits per heavy atom. The molecule has 0 radical (unpaired) electrons. The summed E-state index contributed by atoms with van der Waals surface area (Å²) >= 11 is 0. The summed E-state index contributed by atoms with van der Waals surface area (Å²) in [5, 5.41) is 7.53. The Kier molecular flexibility index (Phi) is 5.48. The number of hydrogen-bond acceptors (Lipinski definition) is 3. The van der Waals surface area contributed by atoms with Gasteiger partial charge in [0.25, 0.3) is 0 Å². The van der Waals surface area contributed by atoms with Gasteiger partial charge in [-0.3, -0.25) is 5.41 Å². The number of amidine groups is 1. The van der Waals surface area contributed by atoms with E-state index < -0.39 is 0 Å². The molecule has 1 saturated carbocycles. The fraction of sp³-hybridized carbons (Fsp3) is 0.588. The molecule has 116 valence electrons. The lowest BCUT2D eigenvalue weighted by atomic mass is 9.85. The summed E-state index contributed by atoms with van der Waals surface area (Å²) in [5.74, 6) is 2.13. The highest BCUT2D eigenvalue weighted by atomic mass is 16.5. The predicted octanol–water partition coefficient (Wildman–Crippen LogP) is 3.72. The Hall–Kier alpha value is -1.71. The van der Waals surface area contributed by atoms with E-state index in [9.17, 15) is 0 Å². The average molecular weight is 290 g/mol. The van der Waals surface area contributed by atoms with E-state index in [2.05, 4.69) is 6.92 Å². The van der Waals surface area contributed by atoms with E-state index in [4.69, 9.17) is 20.6 Å². The van der Waals surface area contributed by atoms with Crippen LogP contribution in [0.3, 0.4) is 0 Å². The number of nitrogen functional groups attached to an aromatic ring is 1. The normalized spacial score (nSPS) is 21.8. The molecule has 0 saturated heterocycles. The van der Waals surface area contributed by atoms with E-state index in [1.54, 1.807) is 6.07 Å². The number of ether oxygens (including phenoxy) is 2. The number of benzene rings is 1. The third kappa shape index (κ3) is 3.90. The second-order valence-corrected chi connectivity index (χ2v) is 5.62. The van der Waals surface area contributed by atoms with Crippen LogP contribution >= 0.6 is 0 Å². The van der Waals surface area contributed by atoms with Crippen LogP contribution < -0.4 is 15.2 Å². The van der Waals surface area contributed by atoms with Crippen molar-refractivity contribution in [3.63, 3.8) is 0 Å². The minimum Gasteiger partial charge on any atom is -0.490 e. The zero-order valence-corrected chi connectivity index (χ0v) is 13.0. The van der Waals surface area contributed by atoms with Crippen LogP contribution in [0.15, 0.2) is 18.2 Å². The molecule has 0 spiro atoms. The molecule has 1 aromatic carbocycles. The largest absolute Gasteiger partial charge is 0.490 e. The van der Waals surface area contributed by atoms with E-state index in [-0.39, 0.29) is 11.9 Å². The molecule has 1 aromatic rings. The molecule has 4 nitrogen and oxygen atoms in total. The second kappa shape index (κ2) is 7.34. The van der Waals surface area contributed by atoms with Gasteiger partial charge in [-0.2, -0.15) is 0 Å². The van der Waals surface area contributed by atoms with Crippen molar-refractivity contribution >= 4 is 5.84 Å². The fourth-order valence-corrected chi connectivity index (χ4v) is 3.00. The van der Waals surface area contributed by atoms with Crippen LogP contribution in [0.4, 0.5) is 0 Å². The van der Waals surface area contributed by atoms with Gasteiger partial charge in [0.1, 0.15) is 11.9 Å². The lowest BCUT2D eigenvalue weighted by Gasteiger charge is -2.31. The zero-order valence-electron chi connectivity index (χ0n) is 13.0. The summed E-state index contributed by atoms with van der Waals surface area (Å²) in [4.78, 5) is 0. The van der Waals surface area contributed by atoms with Gasteiger partial charge >= 0.3 is 0 Å². The van der Waals surface area contributed by atoms with Gasteiger partial charge in [0, 0.05) is 5.56 Å². The highest BCUT2D eigenvalue weighted by Crippen LogP contribution is 2.35. The van der Waals surface area contributed by atoms with Crippen LogP contribution in [-0.2, 0) is 0 Å². The molecule has 1 aliphatic rings. The highest BCUT2D eigenvalue weighted by molar-refractivity contribution is 5.95. The lowest BCUT2D eigenvalue weighted by Crippen LogP contribution is -2.30. The van der Waals surface area contributed by atoms with E-state index in [0.29, 0.717) is 23.8 Å². The summed E-state index contributed by atoms with van der Waals surface area (Å²) in [6, 6.07) is 5.50. The first-order valence-corrected chi connectivity index (χ1v) is 7.93. The summed E-state index contributed by atoms with van der Waals surface area (Å²) in [6.45, 7) is 4.74. The zero-order chi connectivity index (χ0) is 15.2. The molecule has 3 N–H and O–H groups in total. The van der Waals surface area contributed by atoms with Gasteiger partial charge in [-0.15, -0.1) is 0 Å². The maximum atomic E-state index is 7.53. The SMILES string of the molecule is CCOc1cc(C(=N)N)ccc1OC1CCCCC1CC. The second-order valence-electron chi connectivity index (χ2n) is 5.62. The van der Waals surface area contributed by atoms with Crippen molar-refractivity contribution in [1.29, 1.82) is 5.41 Å². The van der Waals surface area contributed by atoms with Crippen LogP contribution in [0.2, 0.25) is 0 Å². The molecule has 0 aromatic heterocycles. The molecule has 2 unspecified atom stereocenters. The molecule has 21 heavy (non-hydrogen) atoms. The Morgan fingerprint density at radius 3 is 2.67 bits per heavy atom. The van der Waals surface area contributed by atoms with Gasteiger partial charge in [-0.25, -0.2) is 0 Å². The van der Waals surface area contributed by atoms with Gasteiger partial charge < -0.3 is 15.2 Å². The third-order valence-electron chi connectivity index (χ3n) is 4.20. The van der Waals surface area contributed by atoms with Crippen LogP contribution in [0.1, 0.15) is 51.5 Å². The quantitative estimate of drug-likeness (QED) is 0.620. The van der Waals surface area contributed by atoms with Crippen molar-refractivity contribution in [2.45, 2.75) is 52.1 Å². The van der Waals surface area contributed by atoms with Crippen molar-refractivity contribution in [2.75, 3.05) is 6.61 Å². The van der Waals surface area contributed by atoms with Crippen molar-refractivity contribution in [3.8, 4) is 11.5 Å². The van der Waals surface area contributed by atoms with Gasteiger partial charge in [-0.1, -0.05) is 13.3 Å². The molecule has 0 aliphatic heterocycles. The molecule has 2 rings (SSSR count). The first-order chi connectivity index (χ1) is 10.2. The Morgan fingerprint density at radius 1 is 1.24 bits per heavy atom. The molecule has 1 aliphatic carbocycles. The first-order valence-electron chi connectivity index (χ1n) is 7.93. The number of hydrogen-bond donors (Lipinski definition) is 2. The van der Waals surface area contributed by atoms with Crippen LogP contribution in [-0.4, -0.2) is 18.5 Å². The molecule has 2 atom stereocenters. The number of nitrogens with one attached hydrogen (secondary N) is 1. The third-order valence-corrected chi connectivity index (χ3v) is 4.20.